The Kier molecular flexibility index (Phi) is 4.06. The van der Waals surface area contributed by atoms with Gasteiger partial charge in [0.1, 0.15) is 0 Å². The Labute approximate surface area is 108 Å². The molecule has 96 valence electrons. The summed E-state index contributed by atoms with van der Waals surface area (Å²) in [6, 6.07) is 5.82. The van der Waals surface area contributed by atoms with Gasteiger partial charge in [-0.2, -0.15) is 0 Å². The molecule has 1 aromatic heterocycles. The van der Waals surface area contributed by atoms with Gasteiger partial charge in [-0.05, 0) is 48.1 Å². The topological polar surface area (TPSA) is 38.0 Å². The fourth-order valence-corrected chi connectivity index (χ4v) is 2.68. The maximum atomic E-state index is 13.1. The normalized spacial score (nSPS) is 12.7. The van der Waals surface area contributed by atoms with Crippen LogP contribution in [0.15, 0.2) is 29.6 Å². The SMILES string of the molecule is Cc1sccc1C(Cc1ccc(F)c(F)c1)NN. The average Bonchev–Trinajstić information content (AvgIpc) is 2.77. The van der Waals surface area contributed by atoms with Crippen LogP contribution >= 0.6 is 11.3 Å². The molecule has 0 bridgehead atoms. The van der Waals surface area contributed by atoms with Crippen molar-refractivity contribution in [1.29, 1.82) is 0 Å². The van der Waals surface area contributed by atoms with Gasteiger partial charge in [-0.25, -0.2) is 8.78 Å². The molecule has 1 heterocycles. The predicted octanol–water partition coefficient (Wildman–Crippen LogP) is 3.08. The third-order valence-corrected chi connectivity index (χ3v) is 3.76. The fourth-order valence-electron chi connectivity index (χ4n) is 1.92. The molecular weight excluding hydrogens is 254 g/mol. The second-order valence-corrected chi connectivity index (χ2v) is 5.22. The third kappa shape index (κ3) is 2.75. The number of halogens is 2. The third-order valence-electron chi connectivity index (χ3n) is 2.90. The van der Waals surface area contributed by atoms with Crippen LogP contribution in [0.25, 0.3) is 0 Å². The van der Waals surface area contributed by atoms with Gasteiger partial charge in [0.05, 0.1) is 6.04 Å². The number of hydrogen-bond acceptors (Lipinski definition) is 3. The fraction of sp³-hybridized carbons (Fsp3) is 0.231. The molecule has 1 aromatic carbocycles. The van der Waals surface area contributed by atoms with Gasteiger partial charge >= 0.3 is 0 Å². The van der Waals surface area contributed by atoms with Crippen molar-refractivity contribution in [3.63, 3.8) is 0 Å². The standard InChI is InChI=1S/C13H14F2N2S/c1-8-10(4-5-18-8)13(17-16)7-9-2-3-11(14)12(15)6-9/h2-6,13,17H,7,16H2,1H3. The summed E-state index contributed by atoms with van der Waals surface area (Å²) in [6.07, 6.45) is 0.519. The van der Waals surface area contributed by atoms with E-state index in [0.29, 0.717) is 12.0 Å². The van der Waals surface area contributed by atoms with Crippen molar-refractivity contribution in [3.05, 3.63) is 57.3 Å². The number of hydrogen-bond donors (Lipinski definition) is 2. The number of aryl methyl sites for hydroxylation is 1. The highest BCUT2D eigenvalue weighted by Gasteiger charge is 2.14. The van der Waals surface area contributed by atoms with Crippen LogP contribution in [-0.4, -0.2) is 0 Å². The minimum atomic E-state index is -0.831. The number of hydrazine groups is 1. The molecule has 0 amide bonds. The van der Waals surface area contributed by atoms with E-state index >= 15 is 0 Å². The van der Waals surface area contributed by atoms with Gasteiger partial charge < -0.3 is 0 Å². The molecular formula is C13H14F2N2S. The van der Waals surface area contributed by atoms with Crippen LogP contribution in [0.4, 0.5) is 8.78 Å². The first-order valence-corrected chi connectivity index (χ1v) is 6.44. The van der Waals surface area contributed by atoms with Crippen molar-refractivity contribution in [2.24, 2.45) is 5.84 Å². The molecule has 0 fully saturated rings. The van der Waals surface area contributed by atoms with E-state index in [-0.39, 0.29) is 6.04 Å². The van der Waals surface area contributed by atoms with Crippen molar-refractivity contribution < 1.29 is 8.78 Å². The number of thiophene rings is 1. The Hall–Kier alpha value is -1.30. The maximum absolute atomic E-state index is 13.1. The highest BCUT2D eigenvalue weighted by atomic mass is 32.1. The van der Waals surface area contributed by atoms with Crippen molar-refractivity contribution in [2.75, 3.05) is 0 Å². The van der Waals surface area contributed by atoms with Crippen LogP contribution < -0.4 is 11.3 Å². The quantitative estimate of drug-likeness (QED) is 0.660. The van der Waals surface area contributed by atoms with Crippen molar-refractivity contribution in [2.45, 2.75) is 19.4 Å². The number of rotatable bonds is 4. The largest absolute Gasteiger partial charge is 0.271 e. The first-order valence-electron chi connectivity index (χ1n) is 5.56. The highest BCUT2D eigenvalue weighted by Crippen LogP contribution is 2.25. The molecule has 1 atom stereocenters. The van der Waals surface area contributed by atoms with Crippen LogP contribution in [0.3, 0.4) is 0 Å². The smallest absolute Gasteiger partial charge is 0.159 e. The molecule has 0 saturated carbocycles. The summed E-state index contributed by atoms with van der Waals surface area (Å²) in [6.45, 7) is 2.01. The lowest BCUT2D eigenvalue weighted by Gasteiger charge is -2.16. The van der Waals surface area contributed by atoms with E-state index in [4.69, 9.17) is 5.84 Å². The Morgan fingerprint density at radius 3 is 2.61 bits per heavy atom. The molecule has 2 nitrogen and oxygen atoms in total. The minimum absolute atomic E-state index is 0.0962. The second kappa shape index (κ2) is 5.56. The molecule has 1 unspecified atom stereocenters. The zero-order valence-electron chi connectivity index (χ0n) is 9.91. The van der Waals surface area contributed by atoms with Crippen molar-refractivity contribution >= 4 is 11.3 Å². The number of benzene rings is 1. The Morgan fingerprint density at radius 2 is 2.06 bits per heavy atom. The van der Waals surface area contributed by atoms with Crippen molar-refractivity contribution in [1.82, 2.24) is 5.43 Å². The van der Waals surface area contributed by atoms with E-state index in [1.807, 2.05) is 18.4 Å². The number of nitrogens with one attached hydrogen (secondary N) is 1. The summed E-state index contributed by atoms with van der Waals surface area (Å²) in [7, 11) is 0. The van der Waals surface area contributed by atoms with Gasteiger partial charge in [0.15, 0.2) is 11.6 Å². The van der Waals surface area contributed by atoms with E-state index in [0.717, 1.165) is 11.6 Å². The molecule has 0 spiro atoms. The number of nitrogens with two attached hydrogens (primary N) is 1. The van der Waals surface area contributed by atoms with E-state index in [9.17, 15) is 8.78 Å². The molecule has 2 rings (SSSR count). The van der Waals surface area contributed by atoms with Gasteiger partial charge in [0.2, 0.25) is 0 Å². The lowest BCUT2D eigenvalue weighted by Crippen LogP contribution is -2.29. The molecule has 0 saturated heterocycles. The summed E-state index contributed by atoms with van der Waals surface area (Å²) < 4.78 is 26.0. The Bertz CT molecular complexity index is 540. The summed E-state index contributed by atoms with van der Waals surface area (Å²) in [5.74, 6) is 3.88. The van der Waals surface area contributed by atoms with Gasteiger partial charge in [0, 0.05) is 4.88 Å². The summed E-state index contributed by atoms with van der Waals surface area (Å²) >= 11 is 1.63. The van der Waals surface area contributed by atoms with E-state index < -0.39 is 11.6 Å². The molecule has 3 N–H and O–H groups in total. The molecule has 0 aliphatic heterocycles. The molecule has 0 aliphatic rings. The van der Waals surface area contributed by atoms with Gasteiger partial charge in [-0.15, -0.1) is 11.3 Å². The lowest BCUT2D eigenvalue weighted by molar-refractivity contribution is 0.502. The van der Waals surface area contributed by atoms with E-state index in [2.05, 4.69) is 5.43 Å². The summed E-state index contributed by atoms with van der Waals surface area (Å²) in [5.41, 5.74) is 4.52. The summed E-state index contributed by atoms with van der Waals surface area (Å²) in [4.78, 5) is 1.17. The Balaban J connectivity index is 2.20. The van der Waals surface area contributed by atoms with Crippen LogP contribution in [0.2, 0.25) is 0 Å². The molecule has 5 heteroatoms. The molecule has 0 aliphatic carbocycles. The van der Waals surface area contributed by atoms with Gasteiger partial charge in [-0.1, -0.05) is 6.07 Å². The van der Waals surface area contributed by atoms with E-state index in [1.165, 1.54) is 10.9 Å². The maximum Gasteiger partial charge on any atom is 0.159 e. The van der Waals surface area contributed by atoms with Crippen molar-refractivity contribution in [3.8, 4) is 0 Å². The molecule has 0 radical (unpaired) electrons. The second-order valence-electron chi connectivity index (χ2n) is 4.10. The highest BCUT2D eigenvalue weighted by molar-refractivity contribution is 7.10. The van der Waals surface area contributed by atoms with Crippen LogP contribution in [0.1, 0.15) is 22.0 Å². The molecule has 18 heavy (non-hydrogen) atoms. The predicted molar refractivity (Wildman–Crippen MR) is 69.2 cm³/mol. The monoisotopic (exact) mass is 268 g/mol. The van der Waals surface area contributed by atoms with Gasteiger partial charge in [0.25, 0.3) is 0 Å². The van der Waals surface area contributed by atoms with Crippen LogP contribution in [0.5, 0.6) is 0 Å². The minimum Gasteiger partial charge on any atom is -0.271 e. The Morgan fingerprint density at radius 1 is 1.28 bits per heavy atom. The van der Waals surface area contributed by atoms with Crippen LogP contribution in [-0.2, 0) is 6.42 Å². The average molecular weight is 268 g/mol. The zero-order chi connectivity index (χ0) is 13.1. The molecule has 2 aromatic rings. The summed E-state index contributed by atoms with van der Waals surface area (Å²) in [5, 5.41) is 1.99. The lowest BCUT2D eigenvalue weighted by atomic mass is 10.00. The van der Waals surface area contributed by atoms with Gasteiger partial charge in [-0.3, -0.25) is 11.3 Å². The first kappa shape index (κ1) is 13.1. The van der Waals surface area contributed by atoms with E-state index in [1.54, 1.807) is 17.4 Å². The zero-order valence-corrected chi connectivity index (χ0v) is 10.7. The first-order chi connectivity index (χ1) is 8.61. The van der Waals surface area contributed by atoms with Crippen LogP contribution in [0, 0.1) is 18.6 Å².